The van der Waals surface area contributed by atoms with Crippen molar-refractivity contribution in [1.29, 1.82) is 0 Å². The second-order valence-corrected chi connectivity index (χ2v) is 4.84. The first-order valence-electron chi connectivity index (χ1n) is 5.71. The van der Waals surface area contributed by atoms with E-state index >= 15 is 0 Å². The van der Waals surface area contributed by atoms with Gasteiger partial charge in [0.15, 0.2) is 0 Å². The van der Waals surface area contributed by atoms with Gasteiger partial charge in [0.25, 0.3) is 0 Å². The molecule has 4 heteroatoms. The molecule has 0 bridgehead atoms. The number of aromatic nitrogens is 1. The average Bonchev–Trinajstić information content (AvgIpc) is 2.24. The Bertz CT molecular complexity index is 315. The van der Waals surface area contributed by atoms with Crippen molar-refractivity contribution >= 4 is 11.6 Å². The Morgan fingerprint density at radius 3 is 2.75 bits per heavy atom. The first-order valence-corrected chi connectivity index (χ1v) is 6.09. The maximum atomic E-state index is 5.85. The fraction of sp³-hybridized carbons (Fsp3) is 0.583. The Balaban J connectivity index is 2.53. The predicted molar refractivity (Wildman–Crippen MR) is 68.0 cm³/mol. The van der Waals surface area contributed by atoms with Crippen LogP contribution in [0.2, 0.25) is 5.15 Å². The third kappa shape index (κ3) is 4.47. The van der Waals surface area contributed by atoms with E-state index in [1.807, 2.05) is 12.1 Å². The normalized spacial score (nSPS) is 13.1. The molecule has 1 heterocycles. The molecule has 1 rings (SSSR count). The monoisotopic (exact) mass is 241 g/mol. The van der Waals surface area contributed by atoms with Crippen LogP contribution in [0.4, 0.5) is 0 Å². The molecule has 1 aromatic rings. The SMILES string of the molecule is CC(C)CCCC(NN)c1ccnc(Cl)c1. The van der Waals surface area contributed by atoms with Crippen LogP contribution in [-0.4, -0.2) is 4.98 Å². The number of nitrogens with two attached hydrogens (primary N) is 1. The summed E-state index contributed by atoms with van der Waals surface area (Å²) in [5.74, 6) is 6.29. The van der Waals surface area contributed by atoms with Crippen LogP contribution < -0.4 is 11.3 Å². The van der Waals surface area contributed by atoms with Gasteiger partial charge in [-0.1, -0.05) is 38.3 Å². The molecule has 0 radical (unpaired) electrons. The van der Waals surface area contributed by atoms with Crippen molar-refractivity contribution in [3.8, 4) is 0 Å². The lowest BCUT2D eigenvalue weighted by atomic mass is 9.99. The van der Waals surface area contributed by atoms with Gasteiger partial charge in [-0.2, -0.15) is 0 Å². The average molecular weight is 242 g/mol. The maximum absolute atomic E-state index is 5.85. The van der Waals surface area contributed by atoms with Crippen molar-refractivity contribution in [2.45, 2.75) is 39.2 Å². The van der Waals surface area contributed by atoms with E-state index in [2.05, 4.69) is 24.3 Å². The Labute approximate surface area is 102 Å². The Morgan fingerprint density at radius 1 is 1.44 bits per heavy atom. The molecule has 0 amide bonds. The largest absolute Gasteiger partial charge is 0.271 e. The van der Waals surface area contributed by atoms with E-state index in [0.29, 0.717) is 5.15 Å². The summed E-state index contributed by atoms with van der Waals surface area (Å²) < 4.78 is 0. The number of hydrogen-bond acceptors (Lipinski definition) is 3. The van der Waals surface area contributed by atoms with Gasteiger partial charge < -0.3 is 0 Å². The first-order chi connectivity index (χ1) is 7.63. The van der Waals surface area contributed by atoms with Gasteiger partial charge in [-0.25, -0.2) is 4.98 Å². The molecule has 1 atom stereocenters. The third-order valence-corrected chi connectivity index (χ3v) is 2.84. The van der Waals surface area contributed by atoms with Crippen LogP contribution in [0, 0.1) is 5.92 Å². The van der Waals surface area contributed by atoms with Crippen molar-refractivity contribution in [2.24, 2.45) is 11.8 Å². The van der Waals surface area contributed by atoms with Crippen LogP contribution in [0.15, 0.2) is 18.3 Å². The van der Waals surface area contributed by atoms with Crippen molar-refractivity contribution in [3.63, 3.8) is 0 Å². The Kier molecular flexibility index (Phi) is 5.74. The fourth-order valence-electron chi connectivity index (χ4n) is 1.71. The molecule has 0 saturated heterocycles. The van der Waals surface area contributed by atoms with Crippen LogP contribution >= 0.6 is 11.6 Å². The molecule has 16 heavy (non-hydrogen) atoms. The van der Waals surface area contributed by atoms with Gasteiger partial charge in [0.05, 0.1) is 0 Å². The first kappa shape index (κ1) is 13.4. The van der Waals surface area contributed by atoms with Crippen molar-refractivity contribution in [2.75, 3.05) is 0 Å². The molecule has 0 fully saturated rings. The van der Waals surface area contributed by atoms with Gasteiger partial charge in [0, 0.05) is 12.2 Å². The van der Waals surface area contributed by atoms with Gasteiger partial charge in [-0.05, 0) is 30.0 Å². The number of nitrogens with zero attached hydrogens (tertiary/aromatic N) is 1. The van der Waals surface area contributed by atoms with E-state index in [4.69, 9.17) is 17.4 Å². The summed E-state index contributed by atoms with van der Waals surface area (Å²) in [6, 6.07) is 3.98. The summed E-state index contributed by atoms with van der Waals surface area (Å²) in [5, 5.41) is 0.515. The fourth-order valence-corrected chi connectivity index (χ4v) is 1.89. The van der Waals surface area contributed by atoms with Gasteiger partial charge in [-0.3, -0.25) is 11.3 Å². The van der Waals surface area contributed by atoms with E-state index < -0.39 is 0 Å². The molecule has 0 aromatic carbocycles. The topological polar surface area (TPSA) is 50.9 Å². The van der Waals surface area contributed by atoms with Crippen molar-refractivity contribution < 1.29 is 0 Å². The van der Waals surface area contributed by atoms with E-state index in [-0.39, 0.29) is 6.04 Å². The quantitative estimate of drug-likeness (QED) is 0.457. The lowest BCUT2D eigenvalue weighted by molar-refractivity contribution is 0.455. The number of nitrogens with one attached hydrogen (secondary N) is 1. The lowest BCUT2D eigenvalue weighted by Crippen LogP contribution is -2.28. The number of hydrazine groups is 1. The molecule has 0 saturated carbocycles. The van der Waals surface area contributed by atoms with Gasteiger partial charge in [-0.15, -0.1) is 0 Å². The van der Waals surface area contributed by atoms with E-state index in [0.717, 1.165) is 24.3 Å². The van der Waals surface area contributed by atoms with Crippen LogP contribution in [-0.2, 0) is 0 Å². The van der Waals surface area contributed by atoms with Crippen LogP contribution in [0.1, 0.15) is 44.7 Å². The minimum atomic E-state index is 0.166. The van der Waals surface area contributed by atoms with Crippen LogP contribution in [0.5, 0.6) is 0 Å². The Hall–Kier alpha value is -0.640. The van der Waals surface area contributed by atoms with E-state index in [9.17, 15) is 0 Å². The van der Waals surface area contributed by atoms with Crippen molar-refractivity contribution in [3.05, 3.63) is 29.0 Å². The zero-order chi connectivity index (χ0) is 12.0. The predicted octanol–water partition coefficient (Wildman–Crippen LogP) is 3.07. The molecule has 0 aliphatic rings. The van der Waals surface area contributed by atoms with E-state index in [1.54, 1.807) is 6.20 Å². The second kappa shape index (κ2) is 6.84. The molecule has 90 valence electrons. The molecule has 0 aliphatic carbocycles. The van der Waals surface area contributed by atoms with Crippen LogP contribution in [0.25, 0.3) is 0 Å². The molecule has 0 aliphatic heterocycles. The standard InChI is InChI=1S/C12H20ClN3/c1-9(2)4-3-5-11(16-14)10-6-7-15-12(13)8-10/h6-9,11,16H,3-5,14H2,1-2H3. The summed E-state index contributed by atoms with van der Waals surface area (Å²) in [6.45, 7) is 4.46. The highest BCUT2D eigenvalue weighted by Crippen LogP contribution is 2.21. The smallest absolute Gasteiger partial charge is 0.129 e. The summed E-state index contributed by atoms with van der Waals surface area (Å²) in [7, 11) is 0. The van der Waals surface area contributed by atoms with Gasteiger partial charge >= 0.3 is 0 Å². The number of rotatable bonds is 6. The highest BCUT2D eigenvalue weighted by atomic mass is 35.5. The highest BCUT2D eigenvalue weighted by Gasteiger charge is 2.10. The molecule has 1 unspecified atom stereocenters. The zero-order valence-corrected chi connectivity index (χ0v) is 10.7. The number of hydrogen-bond donors (Lipinski definition) is 2. The summed E-state index contributed by atoms with van der Waals surface area (Å²) in [4.78, 5) is 3.96. The van der Waals surface area contributed by atoms with Crippen LogP contribution in [0.3, 0.4) is 0 Å². The summed E-state index contributed by atoms with van der Waals surface area (Å²) in [5.41, 5.74) is 3.94. The second-order valence-electron chi connectivity index (χ2n) is 4.46. The number of halogens is 1. The zero-order valence-electron chi connectivity index (χ0n) is 9.91. The lowest BCUT2D eigenvalue weighted by Gasteiger charge is -2.16. The third-order valence-electron chi connectivity index (χ3n) is 2.63. The van der Waals surface area contributed by atoms with Crippen molar-refractivity contribution in [1.82, 2.24) is 10.4 Å². The molecular formula is C12H20ClN3. The minimum absolute atomic E-state index is 0.166. The maximum Gasteiger partial charge on any atom is 0.129 e. The molecule has 1 aromatic heterocycles. The number of pyridine rings is 1. The minimum Gasteiger partial charge on any atom is -0.271 e. The Morgan fingerprint density at radius 2 is 2.19 bits per heavy atom. The molecule has 0 spiro atoms. The molecular weight excluding hydrogens is 222 g/mol. The van der Waals surface area contributed by atoms with E-state index in [1.165, 1.54) is 6.42 Å². The van der Waals surface area contributed by atoms with Gasteiger partial charge in [0.2, 0.25) is 0 Å². The molecule has 3 N–H and O–H groups in total. The molecule has 3 nitrogen and oxygen atoms in total. The summed E-state index contributed by atoms with van der Waals surface area (Å²) >= 11 is 5.85. The summed E-state index contributed by atoms with van der Waals surface area (Å²) in [6.07, 6.45) is 5.11. The highest BCUT2D eigenvalue weighted by molar-refractivity contribution is 6.29. The van der Waals surface area contributed by atoms with Gasteiger partial charge in [0.1, 0.15) is 5.15 Å².